The van der Waals surface area contributed by atoms with Gasteiger partial charge in [-0.15, -0.1) is 0 Å². The summed E-state index contributed by atoms with van der Waals surface area (Å²) in [5.74, 6) is 0.384. The molecule has 0 saturated carbocycles. The number of hydrogen-bond acceptors (Lipinski definition) is 3. The van der Waals surface area contributed by atoms with Gasteiger partial charge in [-0.2, -0.15) is 0 Å². The first-order chi connectivity index (χ1) is 13.0. The summed E-state index contributed by atoms with van der Waals surface area (Å²) in [6.07, 6.45) is 3.09. The van der Waals surface area contributed by atoms with Crippen LogP contribution in [0.15, 0.2) is 65.5 Å². The van der Waals surface area contributed by atoms with Gasteiger partial charge in [-0.1, -0.05) is 30.3 Å². The Hall–Kier alpha value is -3.54. The van der Waals surface area contributed by atoms with E-state index in [2.05, 4.69) is 5.32 Å². The summed E-state index contributed by atoms with van der Waals surface area (Å²) in [6.45, 7) is 1.80. The summed E-state index contributed by atoms with van der Waals surface area (Å²) in [7, 11) is 3.38. The molecule has 0 aliphatic carbocycles. The number of nitrogens with zero attached hydrogens (tertiary/aromatic N) is 2. The third-order valence-electron chi connectivity index (χ3n) is 4.35. The molecule has 0 radical (unpaired) electrons. The second-order valence-corrected chi connectivity index (χ2v) is 6.03. The Balaban J connectivity index is 1.82. The summed E-state index contributed by atoms with van der Waals surface area (Å²) in [5.41, 5.74) is 2.27. The minimum atomic E-state index is -0.364. The summed E-state index contributed by atoms with van der Waals surface area (Å²) in [4.78, 5) is 25.1. The van der Waals surface area contributed by atoms with Gasteiger partial charge in [-0.25, -0.2) is 4.68 Å². The minimum Gasteiger partial charge on any atom is -0.497 e. The van der Waals surface area contributed by atoms with E-state index < -0.39 is 0 Å². The van der Waals surface area contributed by atoms with Gasteiger partial charge in [0.15, 0.2) is 0 Å². The third-order valence-corrected chi connectivity index (χ3v) is 4.35. The van der Waals surface area contributed by atoms with Crippen LogP contribution in [0.25, 0.3) is 11.8 Å². The Kier molecular flexibility index (Phi) is 5.26. The van der Waals surface area contributed by atoms with Gasteiger partial charge in [0, 0.05) is 13.1 Å². The predicted molar refractivity (Wildman–Crippen MR) is 106 cm³/mol. The molecule has 1 aromatic heterocycles. The molecule has 6 nitrogen and oxygen atoms in total. The van der Waals surface area contributed by atoms with Crippen LogP contribution in [0.4, 0.5) is 5.69 Å². The maximum absolute atomic E-state index is 12.8. The summed E-state index contributed by atoms with van der Waals surface area (Å²) in [5, 5.41) is 2.70. The SMILES string of the molecule is COc1ccc(/C=C/C(=O)Nc2c(C)n(C)n(-c3ccccc3)c2=O)cc1. The highest BCUT2D eigenvalue weighted by atomic mass is 16.5. The molecule has 6 heteroatoms. The summed E-state index contributed by atoms with van der Waals surface area (Å²) < 4.78 is 8.36. The highest BCUT2D eigenvalue weighted by Gasteiger charge is 2.17. The zero-order chi connectivity index (χ0) is 19.4. The van der Waals surface area contributed by atoms with Crippen molar-refractivity contribution in [3.05, 3.63) is 82.3 Å². The summed E-state index contributed by atoms with van der Waals surface area (Å²) >= 11 is 0. The van der Waals surface area contributed by atoms with Crippen molar-refractivity contribution in [3.63, 3.8) is 0 Å². The number of rotatable bonds is 5. The van der Waals surface area contributed by atoms with E-state index in [1.807, 2.05) is 54.6 Å². The van der Waals surface area contributed by atoms with Crippen molar-refractivity contribution < 1.29 is 9.53 Å². The average Bonchev–Trinajstić information content (AvgIpc) is 2.90. The number of ether oxygens (including phenoxy) is 1. The molecule has 0 fully saturated rings. The molecular weight excluding hydrogens is 342 g/mol. The van der Waals surface area contributed by atoms with Crippen LogP contribution in [0, 0.1) is 6.92 Å². The van der Waals surface area contributed by atoms with E-state index in [1.165, 1.54) is 10.8 Å². The van der Waals surface area contributed by atoms with Gasteiger partial charge in [0.2, 0.25) is 5.91 Å². The van der Waals surface area contributed by atoms with Gasteiger partial charge in [0.25, 0.3) is 5.56 Å². The number of anilines is 1. The fourth-order valence-electron chi connectivity index (χ4n) is 2.76. The Morgan fingerprint density at radius 2 is 1.74 bits per heavy atom. The highest BCUT2D eigenvalue weighted by Crippen LogP contribution is 2.15. The van der Waals surface area contributed by atoms with Gasteiger partial charge >= 0.3 is 0 Å². The fourth-order valence-corrected chi connectivity index (χ4v) is 2.76. The second kappa shape index (κ2) is 7.78. The standard InChI is InChI=1S/C21H21N3O3/c1-15-20(21(26)24(23(15)2)17-7-5-4-6-8-17)22-19(25)14-11-16-9-12-18(27-3)13-10-16/h4-14H,1-3H3,(H,22,25)/b14-11+. The van der Waals surface area contributed by atoms with E-state index in [-0.39, 0.29) is 17.2 Å². The molecular formula is C21H21N3O3. The van der Waals surface area contributed by atoms with Crippen molar-refractivity contribution in [1.82, 2.24) is 9.36 Å². The van der Waals surface area contributed by atoms with Crippen LogP contribution in [-0.2, 0) is 11.8 Å². The molecule has 138 valence electrons. The first-order valence-electron chi connectivity index (χ1n) is 8.48. The molecule has 3 rings (SSSR count). The lowest BCUT2D eigenvalue weighted by Crippen LogP contribution is -2.22. The zero-order valence-corrected chi connectivity index (χ0v) is 15.5. The van der Waals surface area contributed by atoms with Crippen LogP contribution < -0.4 is 15.6 Å². The Bertz CT molecular complexity index is 1030. The molecule has 1 heterocycles. The monoisotopic (exact) mass is 363 g/mol. The molecule has 0 aliphatic heterocycles. The van der Waals surface area contributed by atoms with Crippen molar-refractivity contribution in [2.24, 2.45) is 7.05 Å². The molecule has 0 spiro atoms. The molecule has 1 N–H and O–H groups in total. The lowest BCUT2D eigenvalue weighted by Gasteiger charge is -2.07. The zero-order valence-electron chi connectivity index (χ0n) is 15.5. The van der Waals surface area contributed by atoms with Crippen molar-refractivity contribution in [1.29, 1.82) is 0 Å². The molecule has 3 aromatic rings. The Morgan fingerprint density at radius 3 is 2.37 bits per heavy atom. The van der Waals surface area contributed by atoms with E-state index >= 15 is 0 Å². The fraction of sp³-hybridized carbons (Fsp3) is 0.143. The van der Waals surface area contributed by atoms with E-state index in [1.54, 1.807) is 31.8 Å². The number of nitrogens with one attached hydrogen (secondary N) is 1. The van der Waals surface area contributed by atoms with Crippen molar-refractivity contribution in [2.75, 3.05) is 12.4 Å². The lowest BCUT2D eigenvalue weighted by molar-refractivity contribution is -0.111. The largest absolute Gasteiger partial charge is 0.497 e. The van der Waals surface area contributed by atoms with Gasteiger partial charge in [-0.05, 0) is 42.8 Å². The Morgan fingerprint density at radius 1 is 1.07 bits per heavy atom. The summed E-state index contributed by atoms with van der Waals surface area (Å²) in [6, 6.07) is 16.6. The van der Waals surface area contributed by atoms with Gasteiger partial charge in [-0.3, -0.25) is 14.3 Å². The van der Waals surface area contributed by atoms with Crippen LogP contribution in [0.1, 0.15) is 11.3 Å². The molecule has 0 saturated heterocycles. The molecule has 0 aliphatic rings. The number of hydrogen-bond donors (Lipinski definition) is 1. The van der Waals surface area contributed by atoms with Crippen LogP contribution in [-0.4, -0.2) is 22.4 Å². The predicted octanol–water partition coefficient (Wildman–Crippen LogP) is 3.14. The maximum atomic E-state index is 12.8. The number of amides is 1. The van der Waals surface area contributed by atoms with Gasteiger partial charge in [0.05, 0.1) is 18.5 Å². The molecule has 27 heavy (non-hydrogen) atoms. The van der Waals surface area contributed by atoms with Crippen LogP contribution in [0.2, 0.25) is 0 Å². The molecule has 0 atom stereocenters. The quantitative estimate of drug-likeness (QED) is 0.708. The normalized spacial score (nSPS) is 10.9. The van der Waals surface area contributed by atoms with Crippen molar-refractivity contribution in [3.8, 4) is 11.4 Å². The van der Waals surface area contributed by atoms with Gasteiger partial charge < -0.3 is 10.1 Å². The first kappa shape index (κ1) is 18.3. The lowest BCUT2D eigenvalue weighted by atomic mass is 10.2. The Labute approximate surface area is 157 Å². The van der Waals surface area contributed by atoms with Gasteiger partial charge in [0.1, 0.15) is 11.4 Å². The number of para-hydroxylation sites is 1. The number of methoxy groups -OCH3 is 1. The number of benzene rings is 2. The van der Waals surface area contributed by atoms with Crippen LogP contribution in [0.3, 0.4) is 0 Å². The molecule has 1 amide bonds. The minimum absolute atomic E-state index is 0.269. The molecule has 0 bridgehead atoms. The van der Waals surface area contributed by atoms with Crippen LogP contribution in [0.5, 0.6) is 5.75 Å². The topological polar surface area (TPSA) is 65.3 Å². The van der Waals surface area contributed by atoms with Crippen LogP contribution >= 0.6 is 0 Å². The molecule has 2 aromatic carbocycles. The number of aromatic nitrogens is 2. The van der Waals surface area contributed by atoms with E-state index in [4.69, 9.17) is 4.74 Å². The van der Waals surface area contributed by atoms with E-state index in [0.717, 1.165) is 17.0 Å². The maximum Gasteiger partial charge on any atom is 0.295 e. The van der Waals surface area contributed by atoms with Crippen molar-refractivity contribution >= 4 is 17.7 Å². The second-order valence-electron chi connectivity index (χ2n) is 6.03. The van der Waals surface area contributed by atoms with E-state index in [9.17, 15) is 9.59 Å². The smallest absolute Gasteiger partial charge is 0.295 e. The number of carbonyl (C=O) groups excluding carboxylic acids is 1. The number of carbonyl (C=O) groups is 1. The average molecular weight is 363 g/mol. The third kappa shape index (κ3) is 3.84. The first-order valence-corrected chi connectivity index (χ1v) is 8.48. The highest BCUT2D eigenvalue weighted by molar-refractivity contribution is 6.02. The van der Waals surface area contributed by atoms with E-state index in [0.29, 0.717) is 5.69 Å². The van der Waals surface area contributed by atoms with Crippen molar-refractivity contribution in [2.45, 2.75) is 6.92 Å². The molecule has 0 unspecified atom stereocenters.